The number of hydrogen-bond donors (Lipinski definition) is 0. The first-order valence-electron chi connectivity index (χ1n) is 14.5. The van der Waals surface area contributed by atoms with E-state index in [0.717, 1.165) is 31.6 Å². The third-order valence-corrected chi connectivity index (χ3v) is 8.65. The summed E-state index contributed by atoms with van der Waals surface area (Å²) in [6.45, 7) is 4.57. The van der Waals surface area contributed by atoms with Crippen molar-refractivity contribution in [2.24, 2.45) is 39.6 Å². The minimum Gasteiger partial charge on any atom is -0.300 e. The van der Waals surface area contributed by atoms with Crippen molar-refractivity contribution < 1.29 is 4.79 Å². The molecule has 3 aliphatic rings. The molecule has 3 nitrogen and oxygen atoms in total. The van der Waals surface area contributed by atoms with Crippen LogP contribution < -0.4 is 0 Å². The van der Waals surface area contributed by atoms with Gasteiger partial charge in [0.05, 0.1) is 0 Å². The second-order valence-corrected chi connectivity index (χ2v) is 11.7. The third-order valence-electron chi connectivity index (χ3n) is 8.65. The first kappa shape index (κ1) is 26.8. The van der Waals surface area contributed by atoms with Gasteiger partial charge in [-0.3, -0.25) is 14.8 Å². The van der Waals surface area contributed by atoms with Crippen molar-refractivity contribution in [3.05, 3.63) is 52.7 Å². The van der Waals surface area contributed by atoms with Crippen molar-refractivity contribution in [1.29, 1.82) is 0 Å². The molecule has 4 rings (SSSR count). The van der Waals surface area contributed by atoms with E-state index in [1.807, 2.05) is 13.3 Å². The summed E-state index contributed by atoms with van der Waals surface area (Å²) < 4.78 is 0. The first-order chi connectivity index (χ1) is 17.5. The van der Waals surface area contributed by atoms with Gasteiger partial charge in [-0.1, -0.05) is 69.5 Å². The van der Waals surface area contributed by atoms with E-state index in [4.69, 9.17) is 4.99 Å². The van der Waals surface area contributed by atoms with Crippen LogP contribution >= 0.6 is 0 Å². The number of hydrogen-bond acceptors (Lipinski definition) is 3. The summed E-state index contributed by atoms with van der Waals surface area (Å²) in [5.74, 6) is 3.07. The number of rotatable bonds is 9. The minimum atomic E-state index is 0.422. The highest BCUT2D eigenvalue weighted by molar-refractivity contribution is 5.82. The van der Waals surface area contributed by atoms with Gasteiger partial charge in [0.2, 0.25) is 0 Å². The highest BCUT2D eigenvalue weighted by Crippen LogP contribution is 2.39. The highest BCUT2D eigenvalue weighted by atomic mass is 16.1. The summed E-state index contributed by atoms with van der Waals surface area (Å²) >= 11 is 0. The second kappa shape index (κ2) is 13.3. The zero-order chi connectivity index (χ0) is 25.3. The fourth-order valence-corrected chi connectivity index (χ4v) is 6.69. The van der Waals surface area contributed by atoms with Crippen molar-refractivity contribution in [2.45, 2.75) is 90.9 Å². The Balaban J connectivity index is 1.35. The molecule has 1 aromatic carbocycles. The van der Waals surface area contributed by atoms with Crippen LogP contribution in [0.5, 0.6) is 0 Å². The molecular formula is C33H46N2O. The Labute approximate surface area is 219 Å². The van der Waals surface area contributed by atoms with Crippen LogP contribution in [-0.4, -0.2) is 25.3 Å². The molecule has 194 valence electrons. The predicted octanol–water partition coefficient (Wildman–Crippen LogP) is 8.29. The van der Waals surface area contributed by atoms with Crippen molar-refractivity contribution >= 4 is 24.3 Å². The lowest BCUT2D eigenvalue weighted by Crippen LogP contribution is -2.21. The van der Waals surface area contributed by atoms with Crippen molar-refractivity contribution in [1.82, 2.24) is 0 Å². The standard InChI is InChI=1S/C33H46N2O/c1-24-19-25(2)32(23-34-3)33(35-22-24)30-14-8-11-27(20-30)21-31(36)18-17-29-13-7-6-12-28(29)16-15-26-9-4-5-10-26/h6-7,12-13,15-16,22-27,30H,4-5,8-11,14,17-21H2,1-3H3/b16-15-,34-23?/t24?,25?,27-,30?/m1/s1. The van der Waals surface area contributed by atoms with Gasteiger partial charge in [0.1, 0.15) is 5.78 Å². The van der Waals surface area contributed by atoms with Gasteiger partial charge in [0.15, 0.2) is 0 Å². The van der Waals surface area contributed by atoms with E-state index in [1.54, 1.807) is 0 Å². The molecule has 1 aliphatic heterocycles. The number of ketones is 1. The van der Waals surface area contributed by atoms with Gasteiger partial charge in [-0.2, -0.15) is 0 Å². The average molecular weight is 487 g/mol. The molecule has 2 aliphatic carbocycles. The molecule has 2 fully saturated rings. The minimum absolute atomic E-state index is 0.422. The van der Waals surface area contributed by atoms with Crippen LogP contribution in [0.15, 0.2) is 51.6 Å². The van der Waals surface area contributed by atoms with Gasteiger partial charge >= 0.3 is 0 Å². The fourth-order valence-electron chi connectivity index (χ4n) is 6.69. The van der Waals surface area contributed by atoms with Gasteiger partial charge in [-0.15, -0.1) is 0 Å². The molecule has 2 saturated carbocycles. The normalized spacial score (nSPS) is 27.9. The summed E-state index contributed by atoms with van der Waals surface area (Å²) in [7, 11) is 1.86. The predicted molar refractivity (Wildman–Crippen MR) is 154 cm³/mol. The summed E-state index contributed by atoms with van der Waals surface area (Å²) in [6, 6.07) is 8.63. The number of benzene rings is 1. The van der Waals surface area contributed by atoms with E-state index < -0.39 is 0 Å². The van der Waals surface area contributed by atoms with Crippen LogP contribution in [0.4, 0.5) is 0 Å². The Bertz CT molecular complexity index is 995. The SMILES string of the molecule is CN=CC1=C(C2CCC[C@@H](CC(=O)CCc3ccccc3/C=C\C3CCCC3)C2)N=CC(C)CC1C. The van der Waals surface area contributed by atoms with E-state index in [2.05, 4.69) is 61.5 Å². The Morgan fingerprint density at radius 3 is 2.67 bits per heavy atom. The van der Waals surface area contributed by atoms with Crippen molar-refractivity contribution in [2.75, 3.05) is 7.05 Å². The molecule has 0 bridgehead atoms. The molecular weight excluding hydrogens is 440 g/mol. The molecule has 36 heavy (non-hydrogen) atoms. The quantitative estimate of drug-likeness (QED) is 0.324. The van der Waals surface area contributed by atoms with E-state index in [0.29, 0.717) is 35.9 Å². The van der Waals surface area contributed by atoms with Gasteiger partial charge in [0.25, 0.3) is 0 Å². The summed E-state index contributed by atoms with van der Waals surface area (Å²) in [5.41, 5.74) is 5.17. The molecule has 1 heterocycles. The number of allylic oxidation sites excluding steroid dienone is 3. The molecule has 0 amide bonds. The largest absolute Gasteiger partial charge is 0.300 e. The molecule has 1 aromatic rings. The number of aliphatic imine (C=N–C) groups is 2. The lowest BCUT2D eigenvalue weighted by atomic mass is 9.76. The van der Waals surface area contributed by atoms with Crippen LogP contribution in [0.25, 0.3) is 6.08 Å². The Kier molecular flexibility index (Phi) is 9.90. The number of carbonyl (C=O) groups is 1. The van der Waals surface area contributed by atoms with Gasteiger partial charge in [-0.25, -0.2) is 0 Å². The zero-order valence-corrected chi connectivity index (χ0v) is 22.8. The maximum Gasteiger partial charge on any atom is 0.133 e. The van der Waals surface area contributed by atoms with E-state index in [9.17, 15) is 4.79 Å². The molecule has 0 aromatic heterocycles. The van der Waals surface area contributed by atoms with Gasteiger partial charge in [0, 0.05) is 43.9 Å². The molecule has 3 unspecified atom stereocenters. The Morgan fingerprint density at radius 2 is 1.86 bits per heavy atom. The molecule has 0 radical (unpaired) electrons. The molecule has 3 heteroatoms. The Hall–Kier alpha value is -2.29. The van der Waals surface area contributed by atoms with Crippen LogP contribution in [0, 0.1) is 29.6 Å². The van der Waals surface area contributed by atoms with Crippen LogP contribution in [-0.2, 0) is 11.2 Å². The maximum absolute atomic E-state index is 13.1. The average Bonchev–Trinajstić information content (AvgIpc) is 3.35. The van der Waals surface area contributed by atoms with E-state index in [-0.39, 0.29) is 0 Å². The molecule has 0 saturated heterocycles. The topological polar surface area (TPSA) is 41.8 Å². The van der Waals surface area contributed by atoms with Crippen molar-refractivity contribution in [3.8, 4) is 0 Å². The fraction of sp³-hybridized carbons (Fsp3) is 0.606. The first-order valence-corrected chi connectivity index (χ1v) is 14.5. The smallest absolute Gasteiger partial charge is 0.133 e. The Morgan fingerprint density at radius 1 is 1.06 bits per heavy atom. The monoisotopic (exact) mass is 486 g/mol. The summed E-state index contributed by atoms with van der Waals surface area (Å²) in [6.07, 6.45) is 22.3. The number of Topliss-reactive ketones (excluding diaryl/α,β-unsaturated/α-hetero) is 1. The van der Waals surface area contributed by atoms with E-state index >= 15 is 0 Å². The lowest BCUT2D eigenvalue weighted by molar-refractivity contribution is -0.120. The van der Waals surface area contributed by atoms with Gasteiger partial charge in [-0.05, 0) is 85.3 Å². The summed E-state index contributed by atoms with van der Waals surface area (Å²) in [4.78, 5) is 22.4. The van der Waals surface area contributed by atoms with Crippen LogP contribution in [0.3, 0.4) is 0 Å². The molecule has 4 atom stereocenters. The number of nitrogens with zero attached hydrogens (tertiary/aromatic N) is 2. The highest BCUT2D eigenvalue weighted by Gasteiger charge is 2.30. The second-order valence-electron chi connectivity index (χ2n) is 11.7. The van der Waals surface area contributed by atoms with E-state index in [1.165, 1.54) is 67.3 Å². The van der Waals surface area contributed by atoms with Crippen LogP contribution in [0.1, 0.15) is 95.6 Å². The number of carbonyl (C=O) groups excluding carboxylic acids is 1. The number of aryl methyl sites for hydroxylation is 1. The van der Waals surface area contributed by atoms with Crippen molar-refractivity contribution in [3.63, 3.8) is 0 Å². The lowest BCUT2D eigenvalue weighted by Gasteiger charge is -2.30. The van der Waals surface area contributed by atoms with Gasteiger partial charge < -0.3 is 0 Å². The van der Waals surface area contributed by atoms with Crippen LogP contribution in [0.2, 0.25) is 0 Å². The molecule has 0 spiro atoms. The molecule has 0 N–H and O–H groups in total. The third kappa shape index (κ3) is 7.37. The maximum atomic E-state index is 13.1. The zero-order valence-electron chi connectivity index (χ0n) is 22.8. The summed E-state index contributed by atoms with van der Waals surface area (Å²) in [5, 5.41) is 0.